The largest absolute Gasteiger partial charge is 0.481 e. The van der Waals surface area contributed by atoms with Gasteiger partial charge < -0.3 is 25.2 Å². The van der Waals surface area contributed by atoms with E-state index in [2.05, 4.69) is 10.6 Å². The van der Waals surface area contributed by atoms with Gasteiger partial charge in [0.15, 0.2) is 11.5 Å². The minimum absolute atomic E-state index is 0.0971. The van der Waals surface area contributed by atoms with Gasteiger partial charge in [-0.25, -0.2) is 0 Å². The fraction of sp³-hybridized carbons (Fsp3) is 0.292. The molecule has 8 nitrogen and oxygen atoms in total. The molecule has 172 valence electrons. The summed E-state index contributed by atoms with van der Waals surface area (Å²) < 4.78 is 10.6. The van der Waals surface area contributed by atoms with E-state index in [4.69, 9.17) is 9.47 Å². The van der Waals surface area contributed by atoms with E-state index in [1.165, 1.54) is 11.8 Å². The highest BCUT2D eigenvalue weighted by Gasteiger charge is 2.33. The highest BCUT2D eigenvalue weighted by atomic mass is 32.2. The number of carboxylic acid groups (broad SMARTS) is 1. The second-order valence-corrected chi connectivity index (χ2v) is 8.81. The second-order valence-electron chi connectivity index (χ2n) is 7.76. The van der Waals surface area contributed by atoms with Gasteiger partial charge >= 0.3 is 5.97 Å². The second kappa shape index (κ2) is 10.4. The summed E-state index contributed by atoms with van der Waals surface area (Å²) in [5.74, 6) is -1.00. The van der Waals surface area contributed by atoms with Gasteiger partial charge in [0.1, 0.15) is 0 Å². The maximum atomic E-state index is 12.6. The van der Waals surface area contributed by atoms with Gasteiger partial charge in [-0.1, -0.05) is 18.2 Å². The molecule has 0 aromatic heterocycles. The van der Waals surface area contributed by atoms with Gasteiger partial charge in [0, 0.05) is 17.1 Å². The van der Waals surface area contributed by atoms with Crippen LogP contribution in [-0.2, 0) is 20.9 Å². The number of carboxylic acids is 1. The number of ether oxygens (including phenoxy) is 2. The van der Waals surface area contributed by atoms with Crippen molar-refractivity contribution in [2.45, 2.75) is 24.3 Å². The number of nitrogens with one attached hydrogen (secondary N) is 2. The van der Waals surface area contributed by atoms with Crippen molar-refractivity contribution in [3.05, 3.63) is 60.2 Å². The lowest BCUT2D eigenvalue weighted by molar-refractivity contribution is -0.146. The van der Waals surface area contributed by atoms with E-state index < -0.39 is 17.8 Å². The van der Waals surface area contributed by atoms with E-state index in [9.17, 15) is 19.5 Å². The minimum atomic E-state index is -0.956. The van der Waals surface area contributed by atoms with Crippen LogP contribution in [0.2, 0.25) is 0 Å². The molecule has 2 aliphatic rings. The van der Waals surface area contributed by atoms with Crippen LogP contribution in [0.1, 0.15) is 18.4 Å². The summed E-state index contributed by atoms with van der Waals surface area (Å²) >= 11 is 1.39. The molecule has 2 amide bonds. The first-order chi connectivity index (χ1) is 16.0. The summed E-state index contributed by atoms with van der Waals surface area (Å²) in [5, 5.41) is 15.0. The first kappa shape index (κ1) is 22.7. The molecule has 9 heteroatoms. The number of thioether (sulfide) groups is 1. The first-order valence-electron chi connectivity index (χ1n) is 10.6. The van der Waals surface area contributed by atoms with Crippen molar-refractivity contribution >= 4 is 35.2 Å². The number of amides is 2. The zero-order chi connectivity index (χ0) is 23.2. The van der Waals surface area contributed by atoms with Crippen molar-refractivity contribution in [1.82, 2.24) is 5.32 Å². The van der Waals surface area contributed by atoms with Crippen LogP contribution in [0.5, 0.6) is 11.5 Å². The molecular formula is C24H24N2O6S. The maximum Gasteiger partial charge on any atom is 0.307 e. The smallest absolute Gasteiger partial charge is 0.307 e. The maximum absolute atomic E-state index is 12.6. The standard InChI is InChI=1S/C24H24N2O6S/c27-22(25-12-15-5-10-20-21(11-15)32-14-31-20)13-33-17-8-6-16(7-9-17)26-23(28)18-3-1-2-4-19(18)24(29)30/h1-2,5-11,18-19H,3-4,12-14H2,(H,25,27)(H,26,28)(H,29,30)/t18-,19-/m0/s1. The van der Waals surface area contributed by atoms with Crippen LogP contribution < -0.4 is 20.1 Å². The number of carbonyl (C=O) groups excluding carboxylic acids is 2. The number of aliphatic carboxylic acids is 1. The van der Waals surface area contributed by atoms with E-state index in [0.717, 1.165) is 10.5 Å². The number of anilines is 1. The van der Waals surface area contributed by atoms with Gasteiger partial charge in [-0.2, -0.15) is 0 Å². The molecule has 1 aliphatic carbocycles. The molecular weight excluding hydrogens is 444 g/mol. The Bertz CT molecular complexity index is 1070. The average molecular weight is 469 g/mol. The molecule has 4 rings (SSSR count). The number of benzene rings is 2. The quantitative estimate of drug-likeness (QED) is 0.402. The monoisotopic (exact) mass is 468 g/mol. The van der Waals surface area contributed by atoms with Crippen LogP contribution in [0.4, 0.5) is 5.69 Å². The molecule has 2 atom stereocenters. The fourth-order valence-corrected chi connectivity index (χ4v) is 4.43. The first-order valence-corrected chi connectivity index (χ1v) is 11.5. The summed E-state index contributed by atoms with van der Waals surface area (Å²) in [6, 6.07) is 12.7. The zero-order valence-corrected chi connectivity index (χ0v) is 18.6. The van der Waals surface area contributed by atoms with E-state index in [-0.39, 0.29) is 24.4 Å². The predicted octanol–water partition coefficient (Wildman–Crippen LogP) is 3.43. The van der Waals surface area contributed by atoms with Gasteiger partial charge in [0.25, 0.3) is 0 Å². The molecule has 0 saturated heterocycles. The van der Waals surface area contributed by atoms with Crippen LogP contribution in [0.15, 0.2) is 59.5 Å². The fourth-order valence-electron chi connectivity index (χ4n) is 3.70. The molecule has 0 bridgehead atoms. The summed E-state index contributed by atoms with van der Waals surface area (Å²) in [5.41, 5.74) is 1.52. The molecule has 0 fully saturated rings. The summed E-state index contributed by atoms with van der Waals surface area (Å²) in [4.78, 5) is 37.0. The molecule has 0 spiro atoms. The van der Waals surface area contributed by atoms with Crippen LogP contribution in [0.3, 0.4) is 0 Å². The number of hydrogen-bond acceptors (Lipinski definition) is 6. The molecule has 0 unspecified atom stereocenters. The van der Waals surface area contributed by atoms with E-state index in [1.54, 1.807) is 18.2 Å². The molecule has 0 saturated carbocycles. The third-order valence-corrected chi connectivity index (χ3v) is 6.52. The van der Waals surface area contributed by atoms with E-state index >= 15 is 0 Å². The van der Waals surface area contributed by atoms with Gasteiger partial charge in [0.05, 0.1) is 17.6 Å². The lowest BCUT2D eigenvalue weighted by atomic mass is 9.82. The Morgan fingerprint density at radius 2 is 1.70 bits per heavy atom. The van der Waals surface area contributed by atoms with Gasteiger partial charge in [-0.05, 0) is 54.8 Å². The number of fused-ring (bicyclic) bond motifs is 1. The van der Waals surface area contributed by atoms with Crippen LogP contribution >= 0.6 is 11.8 Å². The number of carbonyl (C=O) groups is 3. The van der Waals surface area contributed by atoms with Crippen LogP contribution in [0, 0.1) is 11.8 Å². The van der Waals surface area contributed by atoms with Crippen molar-refractivity contribution in [2.75, 3.05) is 17.9 Å². The molecule has 3 N–H and O–H groups in total. The molecule has 33 heavy (non-hydrogen) atoms. The molecule has 1 aliphatic heterocycles. The zero-order valence-electron chi connectivity index (χ0n) is 17.8. The SMILES string of the molecule is O=C(CSc1ccc(NC(=O)[C@H]2CC=CC[C@@H]2C(=O)O)cc1)NCc1ccc2c(c1)OCO2. The highest BCUT2D eigenvalue weighted by Crippen LogP contribution is 2.32. The topological polar surface area (TPSA) is 114 Å². The van der Waals surface area contributed by atoms with E-state index in [0.29, 0.717) is 36.6 Å². The summed E-state index contributed by atoms with van der Waals surface area (Å²) in [7, 11) is 0. The van der Waals surface area contributed by atoms with Crippen LogP contribution in [-0.4, -0.2) is 35.4 Å². The van der Waals surface area contributed by atoms with Crippen molar-refractivity contribution in [3.63, 3.8) is 0 Å². The van der Waals surface area contributed by atoms with Crippen molar-refractivity contribution in [3.8, 4) is 11.5 Å². The third kappa shape index (κ3) is 5.87. The Morgan fingerprint density at radius 1 is 0.970 bits per heavy atom. The Kier molecular flexibility index (Phi) is 7.19. The molecule has 2 aromatic carbocycles. The average Bonchev–Trinajstić information content (AvgIpc) is 3.30. The molecule has 2 aromatic rings. The van der Waals surface area contributed by atoms with Crippen molar-refractivity contribution in [2.24, 2.45) is 11.8 Å². The Labute approximate surface area is 195 Å². The lowest BCUT2D eigenvalue weighted by Gasteiger charge is -2.24. The molecule has 0 radical (unpaired) electrons. The normalized spacial score (nSPS) is 18.5. The van der Waals surface area contributed by atoms with E-state index in [1.807, 2.05) is 36.4 Å². The number of rotatable bonds is 8. The number of hydrogen-bond donors (Lipinski definition) is 3. The van der Waals surface area contributed by atoms with Gasteiger partial charge in [-0.3, -0.25) is 14.4 Å². The Morgan fingerprint density at radius 3 is 2.45 bits per heavy atom. The van der Waals surface area contributed by atoms with Crippen molar-refractivity contribution < 1.29 is 29.0 Å². The third-order valence-electron chi connectivity index (χ3n) is 5.50. The number of allylic oxidation sites excluding steroid dienone is 2. The Hall–Kier alpha value is -3.46. The lowest BCUT2D eigenvalue weighted by Crippen LogP contribution is -2.34. The highest BCUT2D eigenvalue weighted by molar-refractivity contribution is 8.00. The summed E-state index contributed by atoms with van der Waals surface area (Å²) in [6.45, 7) is 0.611. The van der Waals surface area contributed by atoms with Crippen LogP contribution in [0.25, 0.3) is 0 Å². The minimum Gasteiger partial charge on any atom is -0.481 e. The van der Waals surface area contributed by atoms with Gasteiger partial charge in [0.2, 0.25) is 18.6 Å². The molecule has 1 heterocycles. The summed E-state index contributed by atoms with van der Waals surface area (Å²) in [6.07, 6.45) is 4.43. The predicted molar refractivity (Wildman–Crippen MR) is 123 cm³/mol. The van der Waals surface area contributed by atoms with Gasteiger partial charge in [-0.15, -0.1) is 11.8 Å². The van der Waals surface area contributed by atoms with Crippen molar-refractivity contribution in [1.29, 1.82) is 0 Å². The Balaban J connectivity index is 1.23.